The summed E-state index contributed by atoms with van der Waals surface area (Å²) in [6.07, 6.45) is 0. The number of nitrogens with one attached hydrogen (secondary N) is 1. The lowest BCUT2D eigenvalue weighted by Crippen LogP contribution is -2.13. The predicted molar refractivity (Wildman–Crippen MR) is 81.8 cm³/mol. The number of para-hydroxylation sites is 1. The second-order valence-electron chi connectivity index (χ2n) is 4.24. The minimum absolute atomic E-state index is 0.287. The summed E-state index contributed by atoms with van der Waals surface area (Å²) >= 11 is 5.99. The molecule has 1 amide bonds. The molecule has 0 saturated heterocycles. The van der Waals surface area contributed by atoms with E-state index in [-0.39, 0.29) is 12.5 Å². The highest BCUT2D eigenvalue weighted by Crippen LogP contribution is 2.21. The molecule has 108 valence electrons. The zero-order valence-electron chi connectivity index (χ0n) is 11.4. The lowest BCUT2D eigenvalue weighted by atomic mass is 10.1. The molecule has 0 aliphatic carbocycles. The number of amides is 1. The van der Waals surface area contributed by atoms with Crippen molar-refractivity contribution in [1.29, 1.82) is 0 Å². The van der Waals surface area contributed by atoms with E-state index in [4.69, 9.17) is 16.3 Å². The van der Waals surface area contributed by atoms with E-state index in [2.05, 4.69) is 5.32 Å². The zero-order chi connectivity index (χ0) is 15.2. The number of benzene rings is 2. The molecule has 0 bridgehead atoms. The monoisotopic (exact) mass is 303 g/mol. The average Bonchev–Trinajstić information content (AvgIpc) is 2.50. The molecule has 2 aromatic rings. The van der Waals surface area contributed by atoms with Gasteiger partial charge in [-0.3, -0.25) is 4.79 Å². The molecule has 0 aliphatic heterocycles. The van der Waals surface area contributed by atoms with Gasteiger partial charge in [-0.15, -0.1) is 0 Å². The van der Waals surface area contributed by atoms with E-state index in [0.717, 1.165) is 0 Å². The normalized spacial score (nSPS) is 10.0. The van der Waals surface area contributed by atoms with Gasteiger partial charge in [-0.05, 0) is 37.3 Å². The van der Waals surface area contributed by atoms with Gasteiger partial charge in [-0.25, -0.2) is 4.79 Å². The van der Waals surface area contributed by atoms with Gasteiger partial charge in [0.25, 0.3) is 5.91 Å². The first-order chi connectivity index (χ1) is 10.1. The highest BCUT2D eigenvalue weighted by Gasteiger charge is 2.12. The minimum atomic E-state index is -0.454. The van der Waals surface area contributed by atoms with Crippen LogP contribution in [0.3, 0.4) is 0 Å². The summed E-state index contributed by atoms with van der Waals surface area (Å²) in [5.74, 6) is -0.792. The molecule has 0 heterocycles. The number of ether oxygens (including phenoxy) is 1. The van der Waals surface area contributed by atoms with Gasteiger partial charge in [0.15, 0.2) is 0 Å². The number of carbonyl (C=O) groups is 2. The number of hydrogen-bond acceptors (Lipinski definition) is 3. The summed E-state index contributed by atoms with van der Waals surface area (Å²) in [6, 6.07) is 13.3. The Balaban J connectivity index is 2.18. The van der Waals surface area contributed by atoms with Crippen molar-refractivity contribution >= 4 is 29.2 Å². The summed E-state index contributed by atoms with van der Waals surface area (Å²) in [4.78, 5) is 23.8. The summed E-state index contributed by atoms with van der Waals surface area (Å²) < 4.78 is 4.91. The molecule has 5 heteroatoms. The van der Waals surface area contributed by atoms with Crippen LogP contribution in [0.25, 0.3) is 0 Å². The third kappa shape index (κ3) is 3.83. The zero-order valence-corrected chi connectivity index (χ0v) is 12.2. The molecule has 0 aromatic heterocycles. The van der Waals surface area contributed by atoms with E-state index in [1.807, 2.05) is 0 Å². The molecule has 0 atom stereocenters. The van der Waals surface area contributed by atoms with Gasteiger partial charge in [0.2, 0.25) is 0 Å². The van der Waals surface area contributed by atoms with Crippen LogP contribution in [0.1, 0.15) is 27.6 Å². The maximum Gasteiger partial charge on any atom is 0.338 e. The van der Waals surface area contributed by atoms with Gasteiger partial charge < -0.3 is 10.1 Å². The smallest absolute Gasteiger partial charge is 0.338 e. The molecular formula is C16H14ClNO3. The number of rotatable bonds is 4. The Morgan fingerprint density at radius 3 is 2.52 bits per heavy atom. The Kier molecular flexibility index (Phi) is 4.95. The number of anilines is 1. The standard InChI is InChI=1S/C16H14ClNO3/c1-2-21-16(20)12-7-5-6-11(10-12)15(19)18-14-9-4-3-8-13(14)17/h3-10H,2H2,1H3,(H,18,19). The van der Waals surface area contributed by atoms with E-state index in [9.17, 15) is 9.59 Å². The Morgan fingerprint density at radius 2 is 1.81 bits per heavy atom. The van der Waals surface area contributed by atoms with Crippen molar-refractivity contribution in [2.24, 2.45) is 0 Å². The van der Waals surface area contributed by atoms with Crippen molar-refractivity contribution < 1.29 is 14.3 Å². The summed E-state index contributed by atoms with van der Waals surface area (Å²) in [5.41, 5.74) is 1.22. The van der Waals surface area contributed by atoms with Crippen LogP contribution in [0, 0.1) is 0 Å². The minimum Gasteiger partial charge on any atom is -0.462 e. The van der Waals surface area contributed by atoms with Crippen LogP contribution >= 0.6 is 11.6 Å². The van der Waals surface area contributed by atoms with Gasteiger partial charge in [0, 0.05) is 5.56 Å². The van der Waals surface area contributed by atoms with Gasteiger partial charge >= 0.3 is 5.97 Å². The van der Waals surface area contributed by atoms with Gasteiger partial charge in [-0.1, -0.05) is 29.8 Å². The number of halogens is 1. The van der Waals surface area contributed by atoms with Crippen molar-refractivity contribution in [2.75, 3.05) is 11.9 Å². The van der Waals surface area contributed by atoms with Gasteiger partial charge in [-0.2, -0.15) is 0 Å². The molecule has 2 rings (SSSR count). The second-order valence-corrected chi connectivity index (χ2v) is 4.64. The first kappa shape index (κ1) is 15.1. The third-order valence-electron chi connectivity index (χ3n) is 2.76. The molecule has 21 heavy (non-hydrogen) atoms. The molecule has 0 fully saturated rings. The molecule has 4 nitrogen and oxygen atoms in total. The van der Waals surface area contributed by atoms with Gasteiger partial charge in [0.05, 0.1) is 22.9 Å². The number of carbonyl (C=O) groups excluding carboxylic acids is 2. The lowest BCUT2D eigenvalue weighted by Gasteiger charge is -2.08. The largest absolute Gasteiger partial charge is 0.462 e. The molecular weight excluding hydrogens is 290 g/mol. The highest BCUT2D eigenvalue weighted by molar-refractivity contribution is 6.33. The third-order valence-corrected chi connectivity index (χ3v) is 3.09. The highest BCUT2D eigenvalue weighted by atomic mass is 35.5. The maximum absolute atomic E-state index is 12.2. The lowest BCUT2D eigenvalue weighted by molar-refractivity contribution is 0.0526. The van der Waals surface area contributed by atoms with Crippen molar-refractivity contribution in [2.45, 2.75) is 6.92 Å². The van der Waals surface area contributed by atoms with Crippen molar-refractivity contribution in [3.8, 4) is 0 Å². The Labute approximate surface area is 127 Å². The van der Waals surface area contributed by atoms with E-state index < -0.39 is 5.97 Å². The number of esters is 1. The molecule has 0 aliphatic rings. The molecule has 0 radical (unpaired) electrons. The molecule has 0 saturated carbocycles. The van der Waals surface area contributed by atoms with E-state index in [0.29, 0.717) is 21.8 Å². The number of hydrogen-bond donors (Lipinski definition) is 1. The Bertz CT molecular complexity index is 670. The molecule has 2 aromatic carbocycles. The summed E-state index contributed by atoms with van der Waals surface area (Å²) in [5, 5.41) is 3.15. The topological polar surface area (TPSA) is 55.4 Å². The van der Waals surface area contributed by atoms with Crippen molar-refractivity contribution in [3.63, 3.8) is 0 Å². The molecule has 1 N–H and O–H groups in total. The summed E-state index contributed by atoms with van der Waals surface area (Å²) in [6.45, 7) is 2.01. The Morgan fingerprint density at radius 1 is 1.10 bits per heavy atom. The Hall–Kier alpha value is -2.33. The van der Waals surface area contributed by atoms with Crippen LogP contribution in [0.4, 0.5) is 5.69 Å². The fourth-order valence-corrected chi connectivity index (χ4v) is 1.94. The van der Waals surface area contributed by atoms with Crippen LogP contribution in [-0.2, 0) is 4.74 Å². The van der Waals surface area contributed by atoms with Crippen molar-refractivity contribution in [1.82, 2.24) is 0 Å². The molecule has 0 spiro atoms. The van der Waals surface area contributed by atoms with Crippen LogP contribution in [-0.4, -0.2) is 18.5 Å². The van der Waals surface area contributed by atoms with Crippen LogP contribution < -0.4 is 5.32 Å². The first-order valence-electron chi connectivity index (χ1n) is 6.45. The quantitative estimate of drug-likeness (QED) is 0.875. The fourth-order valence-electron chi connectivity index (χ4n) is 1.76. The molecule has 0 unspecified atom stereocenters. The van der Waals surface area contributed by atoms with Crippen LogP contribution in [0.2, 0.25) is 5.02 Å². The maximum atomic E-state index is 12.2. The van der Waals surface area contributed by atoms with E-state index >= 15 is 0 Å². The van der Waals surface area contributed by atoms with E-state index in [1.54, 1.807) is 49.4 Å². The SMILES string of the molecule is CCOC(=O)c1cccc(C(=O)Nc2ccccc2Cl)c1. The summed E-state index contributed by atoms with van der Waals surface area (Å²) in [7, 11) is 0. The first-order valence-corrected chi connectivity index (χ1v) is 6.82. The van der Waals surface area contributed by atoms with Crippen LogP contribution in [0.5, 0.6) is 0 Å². The van der Waals surface area contributed by atoms with Crippen LogP contribution in [0.15, 0.2) is 48.5 Å². The van der Waals surface area contributed by atoms with Crippen molar-refractivity contribution in [3.05, 3.63) is 64.7 Å². The van der Waals surface area contributed by atoms with Gasteiger partial charge in [0.1, 0.15) is 0 Å². The predicted octanol–water partition coefficient (Wildman–Crippen LogP) is 3.77. The fraction of sp³-hybridized carbons (Fsp3) is 0.125. The average molecular weight is 304 g/mol. The second kappa shape index (κ2) is 6.90. The van der Waals surface area contributed by atoms with E-state index in [1.165, 1.54) is 6.07 Å².